The van der Waals surface area contributed by atoms with E-state index in [9.17, 15) is 10.1 Å². The molecule has 2 aromatic rings. The first-order valence-electron chi connectivity index (χ1n) is 5.33. The summed E-state index contributed by atoms with van der Waals surface area (Å²) in [6, 6.07) is 4.89. The third-order valence-corrected chi connectivity index (χ3v) is 3.98. The average molecular weight is 331 g/mol. The van der Waals surface area contributed by atoms with Gasteiger partial charge in [-0.2, -0.15) is 4.98 Å². The van der Waals surface area contributed by atoms with E-state index in [2.05, 4.69) is 15.3 Å². The minimum Gasteiger partial charge on any atom is -0.357 e. The molecule has 0 aliphatic carbocycles. The van der Waals surface area contributed by atoms with Crippen molar-refractivity contribution in [1.29, 1.82) is 0 Å². The molecule has 0 unspecified atom stereocenters. The van der Waals surface area contributed by atoms with Crippen LogP contribution in [0.5, 0.6) is 0 Å². The monoisotopic (exact) mass is 330 g/mol. The molecule has 2 rings (SSSR count). The molecule has 0 atom stereocenters. The highest BCUT2D eigenvalue weighted by molar-refractivity contribution is 7.99. The van der Waals surface area contributed by atoms with Gasteiger partial charge in [-0.15, -0.1) is 0 Å². The molecule has 9 heteroatoms. The predicted octanol–water partition coefficient (Wildman–Crippen LogP) is 3.88. The fourth-order valence-corrected chi connectivity index (χ4v) is 2.73. The van der Waals surface area contributed by atoms with Crippen molar-refractivity contribution in [3.05, 3.63) is 44.6 Å². The van der Waals surface area contributed by atoms with Crippen molar-refractivity contribution in [2.24, 2.45) is 0 Å². The fraction of sp³-hybridized carbons (Fsp3) is 0.0909. The maximum absolute atomic E-state index is 11.0. The number of nitrogens with one attached hydrogen (secondary N) is 1. The number of aromatic nitrogens is 2. The van der Waals surface area contributed by atoms with Crippen molar-refractivity contribution in [3.63, 3.8) is 0 Å². The summed E-state index contributed by atoms with van der Waals surface area (Å²) in [5.41, 5.74) is -0.190. The Morgan fingerprint density at radius 3 is 2.80 bits per heavy atom. The third-order valence-electron chi connectivity index (χ3n) is 2.26. The van der Waals surface area contributed by atoms with E-state index in [0.717, 1.165) is 18.0 Å². The smallest absolute Gasteiger partial charge is 0.320 e. The Morgan fingerprint density at radius 1 is 1.40 bits per heavy atom. The molecule has 1 N–H and O–H groups in total. The second kappa shape index (κ2) is 6.25. The summed E-state index contributed by atoms with van der Waals surface area (Å²) < 4.78 is 0. The molecule has 1 aromatic heterocycles. The van der Waals surface area contributed by atoms with Crippen LogP contribution in [-0.4, -0.2) is 21.9 Å². The van der Waals surface area contributed by atoms with Crippen molar-refractivity contribution in [3.8, 4) is 0 Å². The molecule has 0 radical (unpaired) electrons. The van der Waals surface area contributed by atoms with E-state index in [1.165, 1.54) is 0 Å². The first kappa shape index (κ1) is 14.8. The van der Waals surface area contributed by atoms with Gasteiger partial charge in [-0.1, -0.05) is 35.0 Å². The van der Waals surface area contributed by atoms with Gasteiger partial charge in [-0.05, 0) is 18.2 Å². The number of benzene rings is 1. The maximum atomic E-state index is 11.0. The van der Waals surface area contributed by atoms with Crippen LogP contribution in [-0.2, 0) is 0 Å². The number of hydrogen-bond acceptors (Lipinski definition) is 6. The minimum atomic E-state index is -0.541. The number of rotatable bonds is 4. The Bertz CT molecular complexity index is 669. The molecule has 0 saturated heterocycles. The minimum absolute atomic E-state index is 0.190. The van der Waals surface area contributed by atoms with Crippen LogP contribution in [0.1, 0.15) is 0 Å². The van der Waals surface area contributed by atoms with Crippen LogP contribution in [0.15, 0.2) is 34.3 Å². The normalized spacial score (nSPS) is 10.3. The van der Waals surface area contributed by atoms with Crippen LogP contribution < -0.4 is 5.32 Å². The van der Waals surface area contributed by atoms with E-state index in [1.807, 2.05) is 0 Å². The summed E-state index contributed by atoms with van der Waals surface area (Å²) in [6.45, 7) is 0. The van der Waals surface area contributed by atoms with Gasteiger partial charge in [-0.25, -0.2) is 4.98 Å². The van der Waals surface area contributed by atoms with Crippen molar-refractivity contribution < 1.29 is 4.92 Å². The lowest BCUT2D eigenvalue weighted by Crippen LogP contribution is -2.00. The third kappa shape index (κ3) is 3.30. The fourth-order valence-electron chi connectivity index (χ4n) is 1.34. The summed E-state index contributed by atoms with van der Waals surface area (Å²) in [5.74, 6) is 0.288. The zero-order valence-electron chi connectivity index (χ0n) is 10.1. The molecule has 0 aliphatic rings. The van der Waals surface area contributed by atoms with Crippen molar-refractivity contribution in [2.75, 3.05) is 12.4 Å². The molecule has 1 aromatic carbocycles. The van der Waals surface area contributed by atoms with Crippen LogP contribution in [0.25, 0.3) is 0 Å². The SMILES string of the molecule is CNc1ncc([N+](=O)[O-])c(Sc2cc(Cl)ccc2Cl)n1. The Balaban J connectivity index is 2.45. The van der Waals surface area contributed by atoms with Crippen LogP contribution in [0.4, 0.5) is 11.6 Å². The summed E-state index contributed by atoms with van der Waals surface area (Å²) in [6.07, 6.45) is 1.15. The van der Waals surface area contributed by atoms with E-state index >= 15 is 0 Å². The van der Waals surface area contributed by atoms with Crippen LogP contribution >= 0.6 is 35.0 Å². The van der Waals surface area contributed by atoms with E-state index < -0.39 is 4.92 Å². The van der Waals surface area contributed by atoms with Crippen molar-refractivity contribution in [2.45, 2.75) is 9.92 Å². The summed E-state index contributed by atoms with van der Waals surface area (Å²) in [4.78, 5) is 18.9. The van der Waals surface area contributed by atoms with Gasteiger partial charge in [0.2, 0.25) is 5.95 Å². The molecule has 0 bridgehead atoms. The van der Waals surface area contributed by atoms with Crippen LogP contribution in [0.3, 0.4) is 0 Å². The standard InChI is InChI=1S/C11H8Cl2N4O2S/c1-14-11-15-5-8(17(18)19)10(16-11)20-9-4-6(12)2-3-7(9)13/h2-5H,1H3,(H,14,15,16). The van der Waals surface area contributed by atoms with Gasteiger partial charge in [-0.3, -0.25) is 10.1 Å². The second-order valence-corrected chi connectivity index (χ2v) is 5.44. The van der Waals surface area contributed by atoms with Gasteiger partial charge < -0.3 is 5.32 Å². The predicted molar refractivity (Wildman–Crippen MR) is 78.8 cm³/mol. The molecular weight excluding hydrogens is 323 g/mol. The molecule has 20 heavy (non-hydrogen) atoms. The molecule has 0 spiro atoms. The topological polar surface area (TPSA) is 81.0 Å². The lowest BCUT2D eigenvalue weighted by Gasteiger charge is -2.06. The number of nitro groups is 1. The largest absolute Gasteiger partial charge is 0.357 e. The lowest BCUT2D eigenvalue weighted by molar-refractivity contribution is -0.388. The number of halogens is 2. The van der Waals surface area contributed by atoms with E-state index in [4.69, 9.17) is 23.2 Å². The van der Waals surface area contributed by atoms with Gasteiger partial charge in [0.05, 0.1) is 9.95 Å². The molecular formula is C11H8Cl2N4O2S. The second-order valence-electron chi connectivity index (χ2n) is 3.57. The zero-order chi connectivity index (χ0) is 14.7. The Hall–Kier alpha value is -1.57. The quantitative estimate of drug-likeness (QED) is 0.520. The number of hydrogen-bond donors (Lipinski definition) is 1. The number of anilines is 1. The van der Waals surface area contributed by atoms with Crippen LogP contribution in [0.2, 0.25) is 10.0 Å². The summed E-state index contributed by atoms with van der Waals surface area (Å²) in [5, 5.41) is 14.8. The zero-order valence-corrected chi connectivity index (χ0v) is 12.5. The number of nitrogens with zero attached hydrogens (tertiary/aromatic N) is 3. The molecule has 1 heterocycles. The average Bonchev–Trinajstić information content (AvgIpc) is 2.42. The first-order valence-corrected chi connectivity index (χ1v) is 6.90. The molecule has 0 aliphatic heterocycles. The Labute approximate surface area is 128 Å². The first-order chi connectivity index (χ1) is 9.51. The van der Waals surface area contributed by atoms with Crippen molar-refractivity contribution in [1.82, 2.24) is 9.97 Å². The van der Waals surface area contributed by atoms with E-state index in [0.29, 0.717) is 14.9 Å². The highest BCUT2D eigenvalue weighted by atomic mass is 35.5. The van der Waals surface area contributed by atoms with Crippen molar-refractivity contribution >= 4 is 46.6 Å². The Kier molecular flexibility index (Phi) is 4.64. The van der Waals surface area contributed by atoms with Gasteiger partial charge in [0.15, 0.2) is 5.03 Å². The molecule has 6 nitrogen and oxygen atoms in total. The molecule has 0 amide bonds. The molecule has 104 valence electrons. The van der Waals surface area contributed by atoms with E-state index in [1.54, 1.807) is 25.2 Å². The Morgan fingerprint density at radius 2 is 2.15 bits per heavy atom. The van der Waals surface area contributed by atoms with Gasteiger partial charge in [0, 0.05) is 17.0 Å². The highest BCUT2D eigenvalue weighted by Crippen LogP contribution is 2.38. The summed E-state index contributed by atoms with van der Waals surface area (Å²) >= 11 is 13.0. The summed E-state index contributed by atoms with van der Waals surface area (Å²) in [7, 11) is 1.63. The van der Waals surface area contributed by atoms with Gasteiger partial charge in [0.1, 0.15) is 6.20 Å². The van der Waals surface area contributed by atoms with Gasteiger partial charge in [0.25, 0.3) is 0 Å². The molecule has 0 saturated carbocycles. The molecule has 0 fully saturated rings. The van der Waals surface area contributed by atoms with E-state index in [-0.39, 0.29) is 16.7 Å². The lowest BCUT2D eigenvalue weighted by atomic mass is 10.4. The van der Waals surface area contributed by atoms with Gasteiger partial charge >= 0.3 is 5.69 Å². The van der Waals surface area contributed by atoms with Crippen LogP contribution in [0, 0.1) is 10.1 Å². The maximum Gasteiger partial charge on any atom is 0.320 e. The highest BCUT2D eigenvalue weighted by Gasteiger charge is 2.19.